The first-order valence-electron chi connectivity index (χ1n) is 10.4. The van der Waals surface area contributed by atoms with Crippen LogP contribution in [0.3, 0.4) is 0 Å². The molecule has 2 rings (SSSR count). The number of hydrogen-bond donors (Lipinski definition) is 3. The molecule has 0 aliphatic heterocycles. The van der Waals surface area contributed by atoms with E-state index in [-0.39, 0.29) is 24.9 Å². The highest BCUT2D eigenvalue weighted by molar-refractivity contribution is 5.80. The molecule has 0 saturated heterocycles. The molecule has 0 heterocycles. The van der Waals surface area contributed by atoms with E-state index in [1.54, 1.807) is 45.2 Å². The molecule has 2 atom stereocenters. The number of benzene rings is 2. The van der Waals surface area contributed by atoms with Crippen molar-refractivity contribution >= 4 is 17.9 Å². The van der Waals surface area contributed by atoms with Gasteiger partial charge in [-0.2, -0.15) is 0 Å². The Balaban J connectivity index is 2.20. The average molecular weight is 442 g/mol. The van der Waals surface area contributed by atoms with Crippen molar-refractivity contribution in [3.05, 3.63) is 65.2 Å². The number of rotatable bonds is 10. The van der Waals surface area contributed by atoms with Crippen LogP contribution in [0, 0.1) is 6.92 Å². The highest BCUT2D eigenvalue weighted by atomic mass is 16.5. The summed E-state index contributed by atoms with van der Waals surface area (Å²) in [6.45, 7) is 5.45. The van der Waals surface area contributed by atoms with E-state index in [0.717, 1.165) is 16.7 Å². The van der Waals surface area contributed by atoms with Crippen molar-refractivity contribution in [1.82, 2.24) is 10.6 Å². The number of primary amides is 1. The molecule has 2 aromatic rings. The number of aryl methyl sites for hydroxylation is 1. The van der Waals surface area contributed by atoms with Gasteiger partial charge in [0.25, 0.3) is 0 Å². The summed E-state index contributed by atoms with van der Waals surface area (Å²) in [7, 11) is 1.56. The maximum absolute atomic E-state index is 12.9. The number of urea groups is 1. The first-order valence-corrected chi connectivity index (χ1v) is 10.4. The third-order valence-electron chi connectivity index (χ3n) is 4.74. The molecule has 3 amide bonds. The molecule has 0 unspecified atom stereocenters. The summed E-state index contributed by atoms with van der Waals surface area (Å²) in [4.78, 5) is 36.7. The molecular formula is C24H31N3O5. The van der Waals surface area contributed by atoms with E-state index in [2.05, 4.69) is 10.6 Å². The molecule has 0 fully saturated rings. The van der Waals surface area contributed by atoms with Crippen LogP contribution in [0.4, 0.5) is 4.79 Å². The Morgan fingerprint density at radius 3 is 2.16 bits per heavy atom. The summed E-state index contributed by atoms with van der Waals surface area (Å²) < 4.78 is 10.4. The maximum atomic E-state index is 12.9. The molecule has 0 aliphatic carbocycles. The van der Waals surface area contributed by atoms with E-state index in [9.17, 15) is 14.4 Å². The van der Waals surface area contributed by atoms with Gasteiger partial charge in [0, 0.05) is 0 Å². The lowest BCUT2D eigenvalue weighted by Crippen LogP contribution is -2.38. The van der Waals surface area contributed by atoms with E-state index in [1.165, 1.54) is 0 Å². The molecule has 172 valence electrons. The number of carbonyl (C=O) groups excluding carboxylic acids is 3. The molecule has 8 nitrogen and oxygen atoms in total. The number of ether oxygens (including phenoxy) is 2. The van der Waals surface area contributed by atoms with Gasteiger partial charge in [-0.3, -0.25) is 9.59 Å². The molecule has 0 saturated carbocycles. The normalized spacial score (nSPS) is 12.5. The minimum Gasteiger partial charge on any atom is -0.497 e. The Kier molecular flexibility index (Phi) is 9.07. The van der Waals surface area contributed by atoms with Crippen LogP contribution in [-0.4, -0.2) is 31.1 Å². The first-order chi connectivity index (χ1) is 15.2. The minimum absolute atomic E-state index is 0.0331. The Bertz CT molecular complexity index is 927. The summed E-state index contributed by atoms with van der Waals surface area (Å²) in [5.41, 5.74) is 7.81. The van der Waals surface area contributed by atoms with Crippen LogP contribution in [0.1, 0.15) is 55.5 Å². The van der Waals surface area contributed by atoms with Crippen molar-refractivity contribution in [2.45, 2.75) is 51.8 Å². The fraction of sp³-hybridized carbons (Fsp3) is 0.375. The number of methoxy groups -OCH3 is 1. The monoisotopic (exact) mass is 441 g/mol. The van der Waals surface area contributed by atoms with Crippen molar-refractivity contribution in [2.24, 2.45) is 5.73 Å². The Morgan fingerprint density at radius 2 is 1.59 bits per heavy atom. The van der Waals surface area contributed by atoms with Crippen LogP contribution < -0.4 is 21.1 Å². The Morgan fingerprint density at radius 1 is 0.938 bits per heavy atom. The van der Waals surface area contributed by atoms with Gasteiger partial charge in [0.2, 0.25) is 5.91 Å². The van der Waals surface area contributed by atoms with Crippen LogP contribution in [0.5, 0.6) is 5.75 Å². The summed E-state index contributed by atoms with van der Waals surface area (Å²) in [5, 5.41) is 5.51. The second kappa shape index (κ2) is 11.7. The topological polar surface area (TPSA) is 120 Å². The molecule has 0 aliphatic rings. The van der Waals surface area contributed by atoms with Gasteiger partial charge in [-0.15, -0.1) is 0 Å². The smallest absolute Gasteiger partial charge is 0.312 e. The molecule has 4 N–H and O–H groups in total. The van der Waals surface area contributed by atoms with Crippen LogP contribution in [-0.2, 0) is 14.3 Å². The standard InChI is InChI=1S/C24H31N3O5/c1-15(2)32-23(29)14-21(17-8-10-19(31-4)11-9-17)26-22(28)13-20(27-24(25)30)18-7-5-6-16(3)12-18/h5-12,15,20-21H,13-14H2,1-4H3,(H,26,28)(H3,25,27,30)/t20-,21+/m0/s1. The molecule has 0 bridgehead atoms. The summed E-state index contributed by atoms with van der Waals surface area (Å²) >= 11 is 0. The second-order valence-electron chi connectivity index (χ2n) is 7.82. The summed E-state index contributed by atoms with van der Waals surface area (Å²) in [6, 6.07) is 12.6. The lowest BCUT2D eigenvalue weighted by atomic mass is 9.99. The summed E-state index contributed by atoms with van der Waals surface area (Å²) in [5.74, 6) is -0.108. The summed E-state index contributed by atoms with van der Waals surface area (Å²) in [6.07, 6.45) is -0.340. The van der Waals surface area contributed by atoms with Crippen molar-refractivity contribution in [2.75, 3.05) is 7.11 Å². The van der Waals surface area contributed by atoms with Gasteiger partial charge in [-0.25, -0.2) is 4.79 Å². The van der Waals surface area contributed by atoms with Gasteiger partial charge in [-0.1, -0.05) is 42.0 Å². The van der Waals surface area contributed by atoms with Gasteiger partial charge in [-0.05, 0) is 44.0 Å². The van der Waals surface area contributed by atoms with E-state index in [0.29, 0.717) is 5.75 Å². The molecule has 8 heteroatoms. The zero-order valence-electron chi connectivity index (χ0n) is 18.9. The Labute approximate surface area is 188 Å². The number of carbonyl (C=O) groups is 3. The van der Waals surface area contributed by atoms with E-state index < -0.39 is 24.1 Å². The number of amides is 3. The predicted octanol–water partition coefficient (Wildman–Crippen LogP) is 3.30. The van der Waals surface area contributed by atoms with E-state index >= 15 is 0 Å². The van der Waals surface area contributed by atoms with Crippen LogP contribution in [0.2, 0.25) is 0 Å². The fourth-order valence-electron chi connectivity index (χ4n) is 3.32. The van der Waals surface area contributed by atoms with Gasteiger partial charge in [0.05, 0.1) is 38.1 Å². The number of hydrogen-bond acceptors (Lipinski definition) is 5. The van der Waals surface area contributed by atoms with Crippen LogP contribution in [0.25, 0.3) is 0 Å². The molecule has 32 heavy (non-hydrogen) atoms. The first kappa shape index (κ1) is 24.7. The second-order valence-corrected chi connectivity index (χ2v) is 7.82. The number of nitrogens with one attached hydrogen (secondary N) is 2. The largest absolute Gasteiger partial charge is 0.497 e. The molecular weight excluding hydrogens is 410 g/mol. The van der Waals surface area contributed by atoms with E-state index in [4.69, 9.17) is 15.2 Å². The van der Waals surface area contributed by atoms with Crippen LogP contribution in [0.15, 0.2) is 48.5 Å². The third-order valence-corrected chi connectivity index (χ3v) is 4.74. The van der Waals surface area contributed by atoms with Crippen molar-refractivity contribution in [3.63, 3.8) is 0 Å². The third kappa shape index (κ3) is 7.94. The predicted molar refractivity (Wildman–Crippen MR) is 121 cm³/mol. The van der Waals surface area contributed by atoms with E-state index in [1.807, 2.05) is 31.2 Å². The minimum atomic E-state index is -0.725. The number of esters is 1. The highest BCUT2D eigenvalue weighted by Gasteiger charge is 2.23. The molecule has 0 aromatic heterocycles. The molecule has 0 radical (unpaired) electrons. The van der Waals surface area contributed by atoms with Gasteiger partial charge >= 0.3 is 12.0 Å². The zero-order chi connectivity index (χ0) is 23.7. The number of nitrogens with two attached hydrogens (primary N) is 1. The SMILES string of the molecule is COc1ccc([C@@H](CC(=O)OC(C)C)NC(=O)C[C@H](NC(N)=O)c2cccc(C)c2)cc1. The lowest BCUT2D eigenvalue weighted by molar-refractivity contribution is -0.148. The van der Waals surface area contributed by atoms with Gasteiger partial charge in [0.1, 0.15) is 5.75 Å². The zero-order valence-corrected chi connectivity index (χ0v) is 18.9. The molecule has 0 spiro atoms. The molecule has 2 aromatic carbocycles. The van der Waals surface area contributed by atoms with Crippen LogP contribution >= 0.6 is 0 Å². The van der Waals surface area contributed by atoms with Crippen molar-refractivity contribution < 1.29 is 23.9 Å². The fourth-order valence-corrected chi connectivity index (χ4v) is 3.32. The maximum Gasteiger partial charge on any atom is 0.312 e. The highest BCUT2D eigenvalue weighted by Crippen LogP contribution is 2.23. The van der Waals surface area contributed by atoms with Crippen molar-refractivity contribution in [3.8, 4) is 5.75 Å². The van der Waals surface area contributed by atoms with Crippen molar-refractivity contribution in [1.29, 1.82) is 0 Å². The lowest BCUT2D eigenvalue weighted by Gasteiger charge is -2.22. The quantitative estimate of drug-likeness (QED) is 0.489. The van der Waals surface area contributed by atoms with Gasteiger partial charge < -0.3 is 25.8 Å². The average Bonchev–Trinajstić information content (AvgIpc) is 2.72. The Hall–Kier alpha value is -3.55. The van der Waals surface area contributed by atoms with Gasteiger partial charge in [0.15, 0.2) is 0 Å².